The third kappa shape index (κ3) is 5.09. The first-order valence-corrected chi connectivity index (χ1v) is 7.18. The first-order chi connectivity index (χ1) is 9.45. The molecule has 1 atom stereocenters. The van der Waals surface area contributed by atoms with E-state index in [1.807, 2.05) is 0 Å². The lowest BCUT2D eigenvalue weighted by atomic mass is 9.97. The van der Waals surface area contributed by atoms with Crippen molar-refractivity contribution in [3.05, 3.63) is 0 Å². The summed E-state index contributed by atoms with van der Waals surface area (Å²) in [5.41, 5.74) is 0. The smallest absolute Gasteiger partial charge is 0.306 e. The lowest BCUT2D eigenvalue weighted by molar-refractivity contribution is -0.145. The highest BCUT2D eigenvalue weighted by Crippen LogP contribution is 2.17. The van der Waals surface area contributed by atoms with Gasteiger partial charge in [-0.2, -0.15) is 0 Å². The second kappa shape index (κ2) is 8.21. The zero-order valence-electron chi connectivity index (χ0n) is 12.6. The zero-order valence-corrected chi connectivity index (χ0v) is 12.6. The van der Waals surface area contributed by atoms with Gasteiger partial charge in [-0.1, -0.05) is 13.8 Å². The van der Waals surface area contributed by atoms with E-state index in [2.05, 4.69) is 19.2 Å². The molecule has 6 nitrogen and oxygen atoms in total. The van der Waals surface area contributed by atoms with E-state index in [-0.39, 0.29) is 24.4 Å². The standard InChI is InChI=1S/C14H26N2O4/c1-10(2)12(9-20-3)15-8-13(17)16-6-4-11(5-7-16)14(18)19/h10-12,15H,4-9H2,1-3H3,(H,18,19). The monoisotopic (exact) mass is 286 g/mol. The van der Waals surface area contributed by atoms with E-state index in [1.54, 1.807) is 12.0 Å². The van der Waals surface area contributed by atoms with Gasteiger partial charge in [-0.25, -0.2) is 0 Å². The normalized spacial score (nSPS) is 18.3. The van der Waals surface area contributed by atoms with E-state index >= 15 is 0 Å². The van der Waals surface area contributed by atoms with E-state index in [1.165, 1.54) is 0 Å². The first kappa shape index (κ1) is 16.9. The predicted molar refractivity (Wildman–Crippen MR) is 75.4 cm³/mol. The largest absolute Gasteiger partial charge is 0.481 e. The van der Waals surface area contributed by atoms with Gasteiger partial charge in [-0.05, 0) is 18.8 Å². The second-order valence-corrected chi connectivity index (χ2v) is 5.68. The number of carboxylic acid groups (broad SMARTS) is 1. The zero-order chi connectivity index (χ0) is 15.1. The van der Waals surface area contributed by atoms with Crippen LogP contribution in [0.1, 0.15) is 26.7 Å². The molecule has 0 aromatic rings. The van der Waals surface area contributed by atoms with Gasteiger partial charge in [-0.15, -0.1) is 0 Å². The summed E-state index contributed by atoms with van der Waals surface area (Å²) in [6, 6.07) is 0.153. The first-order valence-electron chi connectivity index (χ1n) is 7.18. The summed E-state index contributed by atoms with van der Waals surface area (Å²) in [5.74, 6) is -0.629. The fraction of sp³-hybridized carbons (Fsp3) is 0.857. The van der Waals surface area contributed by atoms with Crippen LogP contribution in [-0.4, -0.2) is 61.3 Å². The van der Waals surface area contributed by atoms with E-state index < -0.39 is 5.97 Å². The van der Waals surface area contributed by atoms with Crippen molar-refractivity contribution in [1.82, 2.24) is 10.2 Å². The highest BCUT2D eigenvalue weighted by atomic mass is 16.5. The van der Waals surface area contributed by atoms with Gasteiger partial charge >= 0.3 is 5.97 Å². The van der Waals surface area contributed by atoms with E-state index in [4.69, 9.17) is 9.84 Å². The Labute approximate surface area is 120 Å². The number of nitrogens with one attached hydrogen (secondary N) is 1. The van der Waals surface area contributed by atoms with Crippen molar-refractivity contribution >= 4 is 11.9 Å². The number of carboxylic acids is 1. The maximum atomic E-state index is 12.1. The molecule has 1 amide bonds. The second-order valence-electron chi connectivity index (χ2n) is 5.68. The average Bonchev–Trinajstić information content (AvgIpc) is 2.42. The number of rotatable bonds is 7. The van der Waals surface area contributed by atoms with Crippen LogP contribution in [0.25, 0.3) is 0 Å². The molecule has 1 aliphatic heterocycles. The molecule has 1 fully saturated rings. The average molecular weight is 286 g/mol. The molecule has 1 unspecified atom stereocenters. The van der Waals surface area contributed by atoms with Crippen molar-refractivity contribution in [1.29, 1.82) is 0 Å². The maximum Gasteiger partial charge on any atom is 0.306 e. The number of amides is 1. The lowest BCUT2D eigenvalue weighted by Crippen LogP contribution is -2.47. The summed E-state index contributed by atoms with van der Waals surface area (Å²) in [5, 5.41) is 12.1. The molecular weight excluding hydrogens is 260 g/mol. The molecule has 1 rings (SSSR count). The van der Waals surface area contributed by atoms with Crippen LogP contribution < -0.4 is 5.32 Å². The van der Waals surface area contributed by atoms with Gasteiger partial charge in [0, 0.05) is 26.2 Å². The molecular formula is C14H26N2O4. The van der Waals surface area contributed by atoms with Crippen LogP contribution in [0.5, 0.6) is 0 Å². The van der Waals surface area contributed by atoms with Crippen LogP contribution in [0.15, 0.2) is 0 Å². The Kier molecular flexibility index (Phi) is 6.95. The molecule has 1 heterocycles. The molecule has 1 aliphatic rings. The number of ether oxygens (including phenoxy) is 1. The predicted octanol–water partition coefficient (Wildman–Crippen LogP) is 0.570. The summed E-state index contributed by atoms with van der Waals surface area (Å²) in [6.45, 7) is 6.09. The third-order valence-corrected chi connectivity index (χ3v) is 3.86. The Morgan fingerprint density at radius 3 is 2.40 bits per heavy atom. The molecule has 116 valence electrons. The van der Waals surface area contributed by atoms with E-state index in [0.717, 1.165) is 0 Å². The molecule has 0 aromatic carbocycles. The minimum absolute atomic E-state index is 0.0376. The van der Waals surface area contributed by atoms with Gasteiger partial charge in [0.1, 0.15) is 0 Å². The summed E-state index contributed by atoms with van der Waals surface area (Å²) in [7, 11) is 1.65. The topological polar surface area (TPSA) is 78.9 Å². The molecule has 2 N–H and O–H groups in total. The number of piperidine rings is 1. The summed E-state index contributed by atoms with van der Waals surface area (Å²) in [6.07, 6.45) is 1.10. The SMILES string of the molecule is COCC(NCC(=O)N1CCC(C(=O)O)CC1)C(C)C. The lowest BCUT2D eigenvalue weighted by Gasteiger charge is -2.31. The van der Waals surface area contributed by atoms with Crippen molar-refractivity contribution in [2.45, 2.75) is 32.7 Å². The molecule has 0 radical (unpaired) electrons. The van der Waals surface area contributed by atoms with Gasteiger partial charge < -0.3 is 20.1 Å². The summed E-state index contributed by atoms with van der Waals surface area (Å²) < 4.78 is 5.13. The van der Waals surface area contributed by atoms with Crippen LogP contribution in [0.3, 0.4) is 0 Å². The number of nitrogens with zero attached hydrogens (tertiary/aromatic N) is 1. The molecule has 0 bridgehead atoms. The summed E-state index contributed by atoms with van der Waals surface area (Å²) in [4.78, 5) is 24.7. The van der Waals surface area contributed by atoms with Crippen LogP contribution >= 0.6 is 0 Å². The van der Waals surface area contributed by atoms with Crippen molar-refractivity contribution < 1.29 is 19.4 Å². The minimum Gasteiger partial charge on any atom is -0.481 e. The molecule has 0 spiro atoms. The van der Waals surface area contributed by atoms with Gasteiger partial charge in [0.15, 0.2) is 0 Å². The number of methoxy groups -OCH3 is 1. The van der Waals surface area contributed by atoms with Crippen LogP contribution in [0, 0.1) is 11.8 Å². The fourth-order valence-electron chi connectivity index (χ4n) is 2.37. The van der Waals surface area contributed by atoms with Crippen LogP contribution in [0.2, 0.25) is 0 Å². The molecule has 20 heavy (non-hydrogen) atoms. The summed E-state index contributed by atoms with van der Waals surface area (Å²) >= 11 is 0. The van der Waals surface area contributed by atoms with Gasteiger partial charge in [-0.3, -0.25) is 9.59 Å². The van der Waals surface area contributed by atoms with Gasteiger partial charge in [0.25, 0.3) is 0 Å². The number of hydrogen-bond donors (Lipinski definition) is 2. The highest BCUT2D eigenvalue weighted by Gasteiger charge is 2.27. The van der Waals surface area contributed by atoms with E-state index in [0.29, 0.717) is 38.5 Å². The van der Waals surface area contributed by atoms with Crippen LogP contribution in [-0.2, 0) is 14.3 Å². The van der Waals surface area contributed by atoms with Crippen molar-refractivity contribution in [2.75, 3.05) is 33.4 Å². The third-order valence-electron chi connectivity index (χ3n) is 3.86. The van der Waals surface area contributed by atoms with Crippen molar-refractivity contribution in [3.8, 4) is 0 Å². The van der Waals surface area contributed by atoms with Gasteiger partial charge in [0.2, 0.25) is 5.91 Å². The van der Waals surface area contributed by atoms with Gasteiger partial charge in [0.05, 0.1) is 19.1 Å². The highest BCUT2D eigenvalue weighted by molar-refractivity contribution is 5.79. The maximum absolute atomic E-state index is 12.1. The Morgan fingerprint density at radius 1 is 1.35 bits per heavy atom. The number of carbonyl (C=O) groups is 2. The minimum atomic E-state index is -0.754. The number of carbonyl (C=O) groups excluding carboxylic acids is 1. The Morgan fingerprint density at radius 2 is 1.95 bits per heavy atom. The van der Waals surface area contributed by atoms with E-state index in [9.17, 15) is 9.59 Å². The Balaban J connectivity index is 2.34. The fourth-order valence-corrected chi connectivity index (χ4v) is 2.37. The number of aliphatic carboxylic acids is 1. The molecule has 1 saturated heterocycles. The Bertz CT molecular complexity index is 325. The van der Waals surface area contributed by atoms with Crippen LogP contribution in [0.4, 0.5) is 0 Å². The molecule has 0 aliphatic carbocycles. The van der Waals surface area contributed by atoms with Crippen molar-refractivity contribution in [2.24, 2.45) is 11.8 Å². The number of likely N-dealkylation sites (tertiary alicyclic amines) is 1. The van der Waals surface area contributed by atoms with Crippen molar-refractivity contribution in [3.63, 3.8) is 0 Å². The Hall–Kier alpha value is -1.14. The number of hydrogen-bond acceptors (Lipinski definition) is 4. The molecule has 0 saturated carbocycles. The molecule has 0 aromatic heterocycles. The molecule has 6 heteroatoms. The quantitative estimate of drug-likeness (QED) is 0.715.